The number of furan rings is 1. The molecule has 0 saturated heterocycles. The highest BCUT2D eigenvalue weighted by atomic mass is 16.5. The topological polar surface area (TPSA) is 39.4 Å². The molecule has 0 spiro atoms. The maximum atomic E-state index is 11.5. The zero-order valence-corrected chi connectivity index (χ0v) is 9.19. The lowest BCUT2D eigenvalue weighted by atomic mass is 10.1. The molecule has 0 fully saturated rings. The molecule has 1 heterocycles. The van der Waals surface area contributed by atoms with Crippen molar-refractivity contribution in [2.45, 2.75) is 6.92 Å². The van der Waals surface area contributed by atoms with Crippen LogP contribution in [-0.2, 0) is 4.74 Å². The van der Waals surface area contributed by atoms with Crippen LogP contribution in [-0.4, -0.2) is 13.1 Å². The van der Waals surface area contributed by atoms with E-state index < -0.39 is 0 Å². The molecule has 0 aliphatic rings. The van der Waals surface area contributed by atoms with E-state index in [0.29, 0.717) is 11.3 Å². The van der Waals surface area contributed by atoms with Crippen LogP contribution < -0.4 is 0 Å². The predicted molar refractivity (Wildman–Crippen MR) is 60.2 cm³/mol. The van der Waals surface area contributed by atoms with Gasteiger partial charge in [0.1, 0.15) is 11.3 Å². The van der Waals surface area contributed by atoms with Crippen LogP contribution in [0, 0.1) is 6.92 Å². The van der Waals surface area contributed by atoms with Crippen molar-refractivity contribution in [2.75, 3.05) is 7.11 Å². The monoisotopic (exact) mass is 216 g/mol. The van der Waals surface area contributed by atoms with E-state index in [4.69, 9.17) is 4.42 Å². The summed E-state index contributed by atoms with van der Waals surface area (Å²) in [4.78, 5) is 11.5. The molecule has 3 heteroatoms. The third-order valence-electron chi connectivity index (χ3n) is 2.38. The molecule has 0 aliphatic carbocycles. The van der Waals surface area contributed by atoms with E-state index in [2.05, 4.69) is 4.74 Å². The van der Waals surface area contributed by atoms with Crippen LogP contribution in [0.5, 0.6) is 0 Å². The molecule has 0 amide bonds. The Labute approximate surface area is 93.7 Å². The summed E-state index contributed by atoms with van der Waals surface area (Å²) in [7, 11) is 1.36. The molecule has 16 heavy (non-hydrogen) atoms. The molecule has 0 radical (unpaired) electrons. The van der Waals surface area contributed by atoms with Crippen LogP contribution in [0.4, 0.5) is 0 Å². The first-order valence-corrected chi connectivity index (χ1v) is 4.95. The number of rotatable bonds is 2. The predicted octanol–water partition coefficient (Wildman–Crippen LogP) is 3.04. The van der Waals surface area contributed by atoms with Crippen molar-refractivity contribution in [1.82, 2.24) is 0 Å². The molecule has 0 saturated carbocycles. The number of benzene rings is 1. The van der Waals surface area contributed by atoms with Crippen molar-refractivity contribution in [3.05, 3.63) is 47.7 Å². The lowest BCUT2D eigenvalue weighted by Crippen LogP contribution is -2.00. The minimum atomic E-state index is -0.385. The van der Waals surface area contributed by atoms with Gasteiger partial charge in [0.2, 0.25) is 0 Å². The lowest BCUT2D eigenvalue weighted by molar-refractivity contribution is 0.0601. The van der Waals surface area contributed by atoms with Gasteiger partial charge >= 0.3 is 5.97 Å². The second kappa shape index (κ2) is 4.23. The van der Waals surface area contributed by atoms with Crippen molar-refractivity contribution in [2.24, 2.45) is 0 Å². The van der Waals surface area contributed by atoms with Gasteiger partial charge in [-0.2, -0.15) is 0 Å². The van der Waals surface area contributed by atoms with E-state index in [1.54, 1.807) is 6.07 Å². The molecule has 82 valence electrons. The van der Waals surface area contributed by atoms with Gasteiger partial charge in [-0.3, -0.25) is 0 Å². The fraction of sp³-hybridized carbons (Fsp3) is 0.154. The summed E-state index contributed by atoms with van der Waals surface area (Å²) >= 11 is 0. The maximum Gasteiger partial charge on any atom is 0.341 e. The summed E-state index contributed by atoms with van der Waals surface area (Å²) in [6.45, 7) is 2.01. The fourth-order valence-electron chi connectivity index (χ4n) is 1.51. The molecular weight excluding hydrogens is 204 g/mol. The molecule has 1 aromatic heterocycles. The van der Waals surface area contributed by atoms with E-state index in [0.717, 1.165) is 11.1 Å². The standard InChI is InChI=1S/C13H12O3/c1-9-3-5-10(6-4-9)12-11(7-8-16-12)13(14)15-2/h3-8H,1-2H3. The van der Waals surface area contributed by atoms with E-state index in [9.17, 15) is 4.79 Å². The lowest BCUT2D eigenvalue weighted by Gasteiger charge is -2.01. The van der Waals surface area contributed by atoms with Gasteiger partial charge in [-0.25, -0.2) is 4.79 Å². The van der Waals surface area contributed by atoms with E-state index in [1.165, 1.54) is 13.4 Å². The Hall–Kier alpha value is -2.03. The summed E-state index contributed by atoms with van der Waals surface area (Å²) in [6, 6.07) is 9.39. The van der Waals surface area contributed by atoms with Crippen molar-refractivity contribution >= 4 is 5.97 Å². The van der Waals surface area contributed by atoms with Crippen molar-refractivity contribution in [1.29, 1.82) is 0 Å². The summed E-state index contributed by atoms with van der Waals surface area (Å²) in [5.41, 5.74) is 2.48. The zero-order chi connectivity index (χ0) is 11.5. The number of ether oxygens (including phenoxy) is 1. The summed E-state index contributed by atoms with van der Waals surface area (Å²) in [6.07, 6.45) is 1.49. The molecular formula is C13H12O3. The Balaban J connectivity index is 2.44. The van der Waals surface area contributed by atoms with Gasteiger partial charge in [0.15, 0.2) is 0 Å². The first-order valence-electron chi connectivity index (χ1n) is 4.95. The zero-order valence-electron chi connectivity index (χ0n) is 9.19. The molecule has 2 rings (SSSR count). The molecule has 0 aliphatic heterocycles. The average molecular weight is 216 g/mol. The van der Waals surface area contributed by atoms with Gasteiger partial charge in [-0.15, -0.1) is 0 Å². The van der Waals surface area contributed by atoms with Crippen LogP contribution in [0.2, 0.25) is 0 Å². The molecule has 0 bridgehead atoms. The number of methoxy groups -OCH3 is 1. The third-order valence-corrected chi connectivity index (χ3v) is 2.38. The minimum absolute atomic E-state index is 0.385. The van der Waals surface area contributed by atoms with E-state index in [-0.39, 0.29) is 5.97 Å². The molecule has 2 aromatic rings. The Bertz CT molecular complexity index is 494. The molecule has 0 N–H and O–H groups in total. The fourth-order valence-corrected chi connectivity index (χ4v) is 1.51. The Morgan fingerprint density at radius 3 is 2.50 bits per heavy atom. The third kappa shape index (κ3) is 1.84. The van der Waals surface area contributed by atoms with Gasteiger partial charge in [-0.05, 0) is 13.0 Å². The molecule has 1 aromatic carbocycles. The molecule has 0 unspecified atom stereocenters. The van der Waals surface area contributed by atoms with Crippen LogP contribution in [0.1, 0.15) is 15.9 Å². The summed E-state index contributed by atoms with van der Waals surface area (Å²) in [5, 5.41) is 0. The van der Waals surface area contributed by atoms with Gasteiger partial charge in [0.25, 0.3) is 0 Å². The number of carbonyl (C=O) groups excluding carboxylic acids is 1. The van der Waals surface area contributed by atoms with Crippen LogP contribution >= 0.6 is 0 Å². The van der Waals surface area contributed by atoms with Crippen molar-refractivity contribution in [3.8, 4) is 11.3 Å². The highest BCUT2D eigenvalue weighted by Gasteiger charge is 2.16. The highest BCUT2D eigenvalue weighted by Crippen LogP contribution is 2.25. The largest absolute Gasteiger partial charge is 0.465 e. The number of aryl methyl sites for hydroxylation is 1. The van der Waals surface area contributed by atoms with Gasteiger partial charge < -0.3 is 9.15 Å². The average Bonchev–Trinajstić information content (AvgIpc) is 2.78. The maximum absolute atomic E-state index is 11.5. The Kier molecular flexibility index (Phi) is 2.77. The van der Waals surface area contributed by atoms with Crippen LogP contribution in [0.25, 0.3) is 11.3 Å². The second-order valence-corrected chi connectivity index (χ2v) is 3.52. The quantitative estimate of drug-likeness (QED) is 0.724. The summed E-state index contributed by atoms with van der Waals surface area (Å²) < 4.78 is 9.99. The van der Waals surface area contributed by atoms with Crippen molar-refractivity contribution < 1.29 is 13.9 Å². The normalized spacial score (nSPS) is 10.1. The van der Waals surface area contributed by atoms with E-state index >= 15 is 0 Å². The first-order chi connectivity index (χ1) is 7.72. The number of hydrogen-bond donors (Lipinski definition) is 0. The number of carbonyl (C=O) groups is 1. The number of hydrogen-bond acceptors (Lipinski definition) is 3. The smallest absolute Gasteiger partial charge is 0.341 e. The SMILES string of the molecule is COC(=O)c1ccoc1-c1ccc(C)cc1. The van der Waals surface area contributed by atoms with Crippen LogP contribution in [0.3, 0.4) is 0 Å². The van der Waals surface area contributed by atoms with Crippen LogP contribution in [0.15, 0.2) is 41.0 Å². The Morgan fingerprint density at radius 2 is 1.88 bits per heavy atom. The van der Waals surface area contributed by atoms with E-state index in [1.807, 2.05) is 31.2 Å². The summed E-state index contributed by atoms with van der Waals surface area (Å²) in [5.74, 6) is 0.163. The highest BCUT2D eigenvalue weighted by molar-refractivity contribution is 5.95. The van der Waals surface area contributed by atoms with Gasteiger partial charge in [-0.1, -0.05) is 29.8 Å². The number of esters is 1. The van der Waals surface area contributed by atoms with Gasteiger partial charge in [0.05, 0.1) is 13.4 Å². The first kappa shape index (κ1) is 10.5. The molecule has 0 atom stereocenters. The molecule has 3 nitrogen and oxygen atoms in total. The second-order valence-electron chi connectivity index (χ2n) is 3.52. The van der Waals surface area contributed by atoms with Crippen molar-refractivity contribution in [3.63, 3.8) is 0 Å². The van der Waals surface area contributed by atoms with Gasteiger partial charge in [0, 0.05) is 5.56 Å². The minimum Gasteiger partial charge on any atom is -0.465 e. The Morgan fingerprint density at radius 1 is 1.19 bits per heavy atom.